The van der Waals surface area contributed by atoms with Gasteiger partial charge in [-0.3, -0.25) is 4.79 Å². The third-order valence-corrected chi connectivity index (χ3v) is 7.29. The van der Waals surface area contributed by atoms with Gasteiger partial charge in [0.1, 0.15) is 0 Å². The second kappa shape index (κ2) is 8.06. The molecule has 1 atom stereocenters. The van der Waals surface area contributed by atoms with Crippen LogP contribution in [0.25, 0.3) is 0 Å². The fourth-order valence-corrected chi connectivity index (χ4v) is 5.76. The van der Waals surface area contributed by atoms with Crippen molar-refractivity contribution in [1.82, 2.24) is 4.90 Å². The minimum Gasteiger partial charge on any atom is -0.452 e. The quantitative estimate of drug-likeness (QED) is 0.583. The number of rotatable bonds is 5. The van der Waals surface area contributed by atoms with E-state index in [1.807, 2.05) is 0 Å². The van der Waals surface area contributed by atoms with E-state index in [0.717, 1.165) is 25.7 Å². The normalized spacial score (nSPS) is 21.9. The number of ether oxygens (including phenoxy) is 1. The van der Waals surface area contributed by atoms with Gasteiger partial charge in [0.2, 0.25) is 0 Å². The van der Waals surface area contributed by atoms with Crippen LogP contribution in [0.1, 0.15) is 42.5 Å². The predicted molar refractivity (Wildman–Crippen MR) is 102 cm³/mol. The third kappa shape index (κ3) is 4.55. The van der Waals surface area contributed by atoms with Crippen molar-refractivity contribution in [3.63, 3.8) is 0 Å². The van der Waals surface area contributed by atoms with Gasteiger partial charge in [0, 0.05) is 12.1 Å². The van der Waals surface area contributed by atoms with Gasteiger partial charge in [-0.25, -0.2) is 13.2 Å². The number of anilines is 1. The van der Waals surface area contributed by atoms with Crippen LogP contribution in [0.3, 0.4) is 0 Å². The van der Waals surface area contributed by atoms with Crippen molar-refractivity contribution in [3.05, 3.63) is 28.8 Å². The van der Waals surface area contributed by atoms with Gasteiger partial charge < -0.3 is 15.4 Å². The van der Waals surface area contributed by atoms with Crippen LogP contribution in [-0.2, 0) is 19.4 Å². The molecule has 0 bridgehead atoms. The highest BCUT2D eigenvalue weighted by Gasteiger charge is 2.39. The number of carbonyl (C=O) groups excluding carboxylic acids is 2. The summed E-state index contributed by atoms with van der Waals surface area (Å²) in [4.78, 5) is 26.7. The Hall–Kier alpha value is -1.80. The summed E-state index contributed by atoms with van der Waals surface area (Å²) in [5, 5.41) is 0.236. The van der Waals surface area contributed by atoms with Gasteiger partial charge in [-0.2, -0.15) is 0 Å². The first kappa shape index (κ1) is 19.9. The Morgan fingerprint density at radius 1 is 1.19 bits per heavy atom. The Morgan fingerprint density at radius 2 is 1.89 bits per heavy atom. The first-order chi connectivity index (χ1) is 12.8. The van der Waals surface area contributed by atoms with Crippen molar-refractivity contribution in [1.29, 1.82) is 0 Å². The van der Waals surface area contributed by atoms with Crippen LogP contribution in [0.2, 0.25) is 5.02 Å². The fourth-order valence-electron chi connectivity index (χ4n) is 3.88. The second-order valence-corrected chi connectivity index (χ2v) is 9.71. The molecular formula is C18H23ClN2O5S. The lowest BCUT2D eigenvalue weighted by Gasteiger charge is -2.33. The molecule has 1 aliphatic carbocycles. The summed E-state index contributed by atoms with van der Waals surface area (Å²) >= 11 is 5.91. The summed E-state index contributed by atoms with van der Waals surface area (Å²) in [5.41, 5.74) is 5.99. The highest BCUT2D eigenvalue weighted by atomic mass is 35.5. The van der Waals surface area contributed by atoms with Gasteiger partial charge in [0.15, 0.2) is 16.4 Å². The number of benzene rings is 1. The summed E-state index contributed by atoms with van der Waals surface area (Å²) in [5.74, 6) is -1.02. The van der Waals surface area contributed by atoms with E-state index >= 15 is 0 Å². The molecule has 2 aliphatic rings. The lowest BCUT2D eigenvalue weighted by atomic mass is 10.1. The predicted octanol–water partition coefficient (Wildman–Crippen LogP) is 2.04. The zero-order chi connectivity index (χ0) is 19.6. The molecule has 9 heteroatoms. The van der Waals surface area contributed by atoms with Crippen LogP contribution in [0.4, 0.5) is 5.69 Å². The summed E-state index contributed by atoms with van der Waals surface area (Å²) in [6.07, 6.45) is 4.13. The molecular weight excluding hydrogens is 392 g/mol. The first-order valence-electron chi connectivity index (χ1n) is 9.01. The Bertz CT molecular complexity index is 836. The highest BCUT2D eigenvalue weighted by Crippen LogP contribution is 2.29. The van der Waals surface area contributed by atoms with Gasteiger partial charge >= 0.3 is 5.97 Å². The van der Waals surface area contributed by atoms with E-state index in [9.17, 15) is 18.0 Å². The smallest absolute Gasteiger partial charge is 0.340 e. The SMILES string of the molecule is Nc1c(Cl)cccc1C(=O)OCC(=O)N(C1CCCC1)C1CCS(=O)(=O)C1. The monoisotopic (exact) mass is 414 g/mol. The lowest BCUT2D eigenvalue weighted by molar-refractivity contribution is -0.139. The van der Waals surface area contributed by atoms with Gasteiger partial charge in [0.05, 0.1) is 27.8 Å². The van der Waals surface area contributed by atoms with Gasteiger partial charge in [0.25, 0.3) is 5.91 Å². The number of carbonyl (C=O) groups is 2. The fraction of sp³-hybridized carbons (Fsp3) is 0.556. The van der Waals surface area contributed by atoms with Crippen molar-refractivity contribution >= 4 is 39.0 Å². The van der Waals surface area contributed by atoms with Crippen molar-refractivity contribution < 1.29 is 22.7 Å². The largest absolute Gasteiger partial charge is 0.452 e. The maximum Gasteiger partial charge on any atom is 0.340 e. The number of hydrogen-bond donors (Lipinski definition) is 1. The molecule has 0 radical (unpaired) electrons. The molecule has 1 saturated carbocycles. The molecule has 148 valence electrons. The van der Waals surface area contributed by atoms with E-state index in [1.165, 1.54) is 6.07 Å². The zero-order valence-electron chi connectivity index (χ0n) is 14.9. The Kier molecular flexibility index (Phi) is 5.95. The maximum absolute atomic E-state index is 12.8. The number of esters is 1. The van der Waals surface area contributed by atoms with E-state index in [1.54, 1.807) is 17.0 Å². The van der Waals surface area contributed by atoms with Crippen molar-refractivity contribution in [2.24, 2.45) is 0 Å². The van der Waals surface area contributed by atoms with Crippen LogP contribution < -0.4 is 5.73 Å². The number of amides is 1. The van der Waals surface area contributed by atoms with E-state index in [4.69, 9.17) is 22.1 Å². The van der Waals surface area contributed by atoms with Crippen molar-refractivity contribution in [3.8, 4) is 0 Å². The maximum atomic E-state index is 12.8. The summed E-state index contributed by atoms with van der Waals surface area (Å²) in [6, 6.07) is 4.27. The average Bonchev–Trinajstić information content (AvgIpc) is 3.25. The minimum atomic E-state index is -3.12. The van der Waals surface area contributed by atoms with Gasteiger partial charge in [-0.05, 0) is 31.4 Å². The number of hydrogen-bond acceptors (Lipinski definition) is 6. The molecule has 1 amide bonds. The molecule has 27 heavy (non-hydrogen) atoms. The molecule has 1 saturated heterocycles. The zero-order valence-corrected chi connectivity index (χ0v) is 16.5. The second-order valence-electron chi connectivity index (χ2n) is 7.07. The molecule has 1 aromatic rings. The standard InChI is InChI=1S/C18H23ClN2O5S/c19-15-7-3-6-14(17(15)20)18(23)26-10-16(22)21(12-4-1-2-5-12)13-8-9-27(24,25)11-13/h3,6-7,12-13H,1-2,4-5,8-11,20H2. The molecule has 7 nitrogen and oxygen atoms in total. The Balaban J connectivity index is 1.69. The number of para-hydroxylation sites is 1. The Labute approximate surface area is 163 Å². The van der Waals surface area contributed by atoms with Crippen LogP contribution in [-0.4, -0.2) is 55.4 Å². The van der Waals surface area contributed by atoms with Crippen molar-refractivity contribution in [2.45, 2.75) is 44.2 Å². The molecule has 2 N–H and O–H groups in total. The highest BCUT2D eigenvalue weighted by molar-refractivity contribution is 7.91. The number of nitrogens with zero attached hydrogens (tertiary/aromatic N) is 1. The molecule has 1 aliphatic heterocycles. The van der Waals surface area contributed by atoms with E-state index in [0.29, 0.717) is 6.42 Å². The first-order valence-corrected chi connectivity index (χ1v) is 11.2. The van der Waals surface area contributed by atoms with Gasteiger partial charge in [-0.1, -0.05) is 30.5 Å². The molecule has 3 rings (SSSR count). The minimum absolute atomic E-state index is 0.00532. The number of nitrogen functional groups attached to an aromatic ring is 1. The molecule has 1 heterocycles. The molecule has 0 aromatic heterocycles. The van der Waals surface area contributed by atoms with E-state index < -0.39 is 22.4 Å². The van der Waals surface area contributed by atoms with Crippen molar-refractivity contribution in [2.75, 3.05) is 23.8 Å². The van der Waals surface area contributed by atoms with Gasteiger partial charge in [-0.15, -0.1) is 0 Å². The van der Waals surface area contributed by atoms with E-state index in [2.05, 4.69) is 0 Å². The van der Waals surface area contributed by atoms with Crippen LogP contribution in [0.15, 0.2) is 18.2 Å². The average molecular weight is 415 g/mol. The molecule has 0 spiro atoms. The number of sulfone groups is 1. The summed E-state index contributed by atoms with van der Waals surface area (Å²) < 4.78 is 28.9. The van der Waals surface area contributed by atoms with Crippen LogP contribution in [0.5, 0.6) is 0 Å². The summed E-state index contributed by atoms with van der Waals surface area (Å²) in [7, 11) is -3.12. The lowest BCUT2D eigenvalue weighted by Crippen LogP contribution is -2.48. The van der Waals surface area contributed by atoms with Crippen LogP contribution >= 0.6 is 11.6 Å². The molecule has 1 unspecified atom stereocenters. The molecule has 1 aromatic carbocycles. The topological polar surface area (TPSA) is 107 Å². The Morgan fingerprint density at radius 3 is 2.52 bits per heavy atom. The molecule has 2 fully saturated rings. The van der Waals surface area contributed by atoms with E-state index in [-0.39, 0.29) is 45.8 Å². The number of nitrogens with two attached hydrogens (primary N) is 1. The van der Waals surface area contributed by atoms with Crippen LogP contribution in [0, 0.1) is 0 Å². The third-order valence-electron chi connectivity index (χ3n) is 5.21. The summed E-state index contributed by atoms with van der Waals surface area (Å²) in [6.45, 7) is -0.447. The number of halogens is 1.